The van der Waals surface area contributed by atoms with Crippen LogP contribution in [0.2, 0.25) is 0 Å². The Balaban J connectivity index is 1.71. The van der Waals surface area contributed by atoms with Crippen LogP contribution in [0.4, 0.5) is 10.1 Å². The van der Waals surface area contributed by atoms with Crippen molar-refractivity contribution in [3.05, 3.63) is 59.4 Å². The summed E-state index contributed by atoms with van der Waals surface area (Å²) in [5, 5.41) is 14.6. The smallest absolute Gasteiger partial charge is 0.221 e. The Hall–Kier alpha value is -3.42. The largest absolute Gasteiger partial charge is 0.326 e. The van der Waals surface area contributed by atoms with Crippen molar-refractivity contribution in [1.82, 2.24) is 20.2 Å². The number of carbonyl (C=O) groups excluding carboxylic acids is 2. The summed E-state index contributed by atoms with van der Waals surface area (Å²) in [7, 11) is 0. The Labute approximate surface area is 148 Å². The number of nitrogens with zero attached hydrogens (tertiary/aromatic N) is 4. The van der Waals surface area contributed by atoms with Gasteiger partial charge in [0.15, 0.2) is 5.78 Å². The van der Waals surface area contributed by atoms with Crippen LogP contribution in [-0.2, 0) is 11.3 Å². The standard InChI is InChI=1S/C18H16FN5O2/c1-11-9-14(5-8-16(11)19)18-21-23-24(22-18)10-17(26)13-3-6-15(7-4-13)20-12(2)25/h3-9H,10H2,1-2H3,(H,20,25). The maximum absolute atomic E-state index is 13.3. The third-order valence-electron chi connectivity index (χ3n) is 3.68. The second-order valence-corrected chi connectivity index (χ2v) is 5.79. The van der Waals surface area contributed by atoms with E-state index in [1.54, 1.807) is 43.3 Å². The van der Waals surface area contributed by atoms with E-state index in [1.807, 2.05) is 0 Å². The first-order valence-electron chi connectivity index (χ1n) is 7.87. The second-order valence-electron chi connectivity index (χ2n) is 5.79. The minimum absolute atomic E-state index is 0.0767. The number of halogens is 1. The molecule has 0 atom stereocenters. The molecular formula is C18H16FN5O2. The Morgan fingerprint density at radius 2 is 1.88 bits per heavy atom. The highest BCUT2D eigenvalue weighted by Gasteiger charge is 2.12. The second kappa shape index (κ2) is 7.22. The van der Waals surface area contributed by atoms with Crippen LogP contribution < -0.4 is 5.32 Å². The molecule has 3 rings (SSSR count). The van der Waals surface area contributed by atoms with Crippen molar-refractivity contribution in [2.24, 2.45) is 0 Å². The van der Waals surface area contributed by atoms with Crippen LogP contribution >= 0.6 is 0 Å². The molecule has 0 bridgehead atoms. The molecule has 1 N–H and O–H groups in total. The molecule has 7 nitrogen and oxygen atoms in total. The van der Waals surface area contributed by atoms with E-state index in [0.29, 0.717) is 28.2 Å². The van der Waals surface area contributed by atoms with Gasteiger partial charge in [-0.15, -0.1) is 10.2 Å². The molecule has 0 radical (unpaired) electrons. The van der Waals surface area contributed by atoms with Crippen molar-refractivity contribution in [1.29, 1.82) is 0 Å². The van der Waals surface area contributed by atoms with Gasteiger partial charge in [0.2, 0.25) is 11.7 Å². The van der Waals surface area contributed by atoms with E-state index in [1.165, 1.54) is 17.8 Å². The summed E-state index contributed by atoms with van der Waals surface area (Å²) in [4.78, 5) is 24.5. The van der Waals surface area contributed by atoms with E-state index in [4.69, 9.17) is 0 Å². The molecule has 2 aromatic carbocycles. The Morgan fingerprint density at radius 1 is 1.15 bits per heavy atom. The highest BCUT2D eigenvalue weighted by atomic mass is 19.1. The molecule has 0 aliphatic heterocycles. The number of aromatic nitrogens is 4. The van der Waals surface area contributed by atoms with Crippen LogP contribution in [0.5, 0.6) is 0 Å². The maximum Gasteiger partial charge on any atom is 0.221 e. The van der Waals surface area contributed by atoms with Crippen molar-refractivity contribution in [3.63, 3.8) is 0 Å². The van der Waals surface area contributed by atoms with Gasteiger partial charge in [0.05, 0.1) is 0 Å². The monoisotopic (exact) mass is 353 g/mol. The number of ketones is 1. The van der Waals surface area contributed by atoms with Gasteiger partial charge in [-0.1, -0.05) is 0 Å². The van der Waals surface area contributed by atoms with Crippen molar-refractivity contribution in [2.75, 3.05) is 5.32 Å². The normalized spacial score (nSPS) is 10.6. The first kappa shape index (κ1) is 17.4. The fourth-order valence-corrected chi connectivity index (χ4v) is 2.37. The Morgan fingerprint density at radius 3 is 2.54 bits per heavy atom. The maximum atomic E-state index is 13.3. The fourth-order valence-electron chi connectivity index (χ4n) is 2.37. The number of benzene rings is 2. The number of rotatable bonds is 5. The van der Waals surface area contributed by atoms with E-state index in [9.17, 15) is 14.0 Å². The Bertz CT molecular complexity index is 966. The quantitative estimate of drug-likeness (QED) is 0.712. The van der Waals surface area contributed by atoms with Gasteiger partial charge in [-0.3, -0.25) is 9.59 Å². The van der Waals surface area contributed by atoms with Gasteiger partial charge in [0, 0.05) is 23.7 Å². The minimum atomic E-state index is -0.306. The fraction of sp³-hybridized carbons (Fsp3) is 0.167. The summed E-state index contributed by atoms with van der Waals surface area (Å²) >= 11 is 0. The van der Waals surface area contributed by atoms with Crippen LogP contribution in [0.1, 0.15) is 22.8 Å². The number of hydrogen-bond donors (Lipinski definition) is 1. The molecule has 3 aromatic rings. The number of hydrogen-bond acceptors (Lipinski definition) is 5. The lowest BCUT2D eigenvalue weighted by Gasteiger charge is -2.03. The zero-order chi connectivity index (χ0) is 18.7. The molecule has 8 heteroatoms. The molecule has 0 spiro atoms. The number of amides is 1. The van der Waals surface area contributed by atoms with Gasteiger partial charge >= 0.3 is 0 Å². The molecule has 0 aliphatic rings. The lowest BCUT2D eigenvalue weighted by molar-refractivity contribution is -0.114. The molecule has 0 aliphatic carbocycles. The first-order chi connectivity index (χ1) is 12.4. The predicted octanol–water partition coefficient (Wildman–Crippen LogP) is 2.63. The van der Waals surface area contributed by atoms with Crippen molar-refractivity contribution in [3.8, 4) is 11.4 Å². The van der Waals surface area contributed by atoms with Gasteiger partial charge < -0.3 is 5.32 Å². The minimum Gasteiger partial charge on any atom is -0.326 e. The first-order valence-corrected chi connectivity index (χ1v) is 7.87. The van der Waals surface area contributed by atoms with Crippen molar-refractivity contribution >= 4 is 17.4 Å². The van der Waals surface area contributed by atoms with Crippen molar-refractivity contribution in [2.45, 2.75) is 20.4 Å². The molecule has 1 amide bonds. The predicted molar refractivity (Wildman–Crippen MR) is 93.0 cm³/mol. The van der Waals surface area contributed by atoms with Crippen molar-refractivity contribution < 1.29 is 14.0 Å². The number of Topliss-reactive ketones (excluding diaryl/α,β-unsaturated/α-hetero) is 1. The molecule has 0 saturated carbocycles. The molecular weight excluding hydrogens is 337 g/mol. The Kier molecular flexibility index (Phi) is 4.83. The topological polar surface area (TPSA) is 89.8 Å². The van der Waals surface area contributed by atoms with Crippen LogP contribution in [0.3, 0.4) is 0 Å². The summed E-state index contributed by atoms with van der Waals surface area (Å²) in [6.45, 7) is 2.99. The third kappa shape index (κ3) is 3.97. The number of carbonyl (C=O) groups is 2. The summed E-state index contributed by atoms with van der Waals surface area (Å²) in [5.41, 5.74) is 2.19. The highest BCUT2D eigenvalue weighted by Crippen LogP contribution is 2.17. The molecule has 0 saturated heterocycles. The number of nitrogens with one attached hydrogen (secondary N) is 1. The van der Waals surface area contributed by atoms with Gasteiger partial charge in [0.1, 0.15) is 12.4 Å². The average molecular weight is 353 g/mol. The third-order valence-corrected chi connectivity index (χ3v) is 3.68. The molecule has 132 valence electrons. The van der Waals surface area contributed by atoms with Gasteiger partial charge in [-0.05, 0) is 60.2 Å². The average Bonchev–Trinajstić information content (AvgIpc) is 3.06. The van der Waals surface area contributed by atoms with E-state index in [2.05, 4.69) is 20.7 Å². The molecule has 0 unspecified atom stereocenters. The van der Waals surface area contributed by atoms with Gasteiger partial charge in [-0.25, -0.2) is 4.39 Å². The number of anilines is 1. The molecule has 1 heterocycles. The van der Waals surface area contributed by atoms with Crippen LogP contribution in [-0.4, -0.2) is 31.9 Å². The molecule has 26 heavy (non-hydrogen) atoms. The van der Waals surface area contributed by atoms with Gasteiger partial charge in [-0.2, -0.15) is 4.80 Å². The van der Waals surface area contributed by atoms with Crippen LogP contribution in [0.15, 0.2) is 42.5 Å². The SMILES string of the molecule is CC(=O)Nc1ccc(C(=O)Cn2nnc(-c3ccc(F)c(C)c3)n2)cc1. The van der Waals surface area contributed by atoms with Crippen LogP contribution in [0, 0.1) is 12.7 Å². The molecule has 1 aromatic heterocycles. The van der Waals surface area contributed by atoms with E-state index < -0.39 is 0 Å². The van der Waals surface area contributed by atoms with Gasteiger partial charge in [0.25, 0.3) is 0 Å². The van der Waals surface area contributed by atoms with E-state index in [0.717, 1.165) is 0 Å². The summed E-state index contributed by atoms with van der Waals surface area (Å²) in [6.07, 6.45) is 0. The summed E-state index contributed by atoms with van der Waals surface area (Å²) in [6, 6.07) is 11.1. The highest BCUT2D eigenvalue weighted by molar-refractivity contribution is 5.96. The lowest BCUT2D eigenvalue weighted by atomic mass is 10.1. The van der Waals surface area contributed by atoms with E-state index >= 15 is 0 Å². The van der Waals surface area contributed by atoms with E-state index in [-0.39, 0.29) is 24.1 Å². The zero-order valence-electron chi connectivity index (χ0n) is 14.2. The lowest BCUT2D eigenvalue weighted by Crippen LogP contribution is -2.13. The molecule has 0 fully saturated rings. The number of aryl methyl sites for hydroxylation is 1. The summed E-state index contributed by atoms with van der Waals surface area (Å²) < 4.78 is 13.3. The zero-order valence-corrected chi connectivity index (χ0v) is 14.2. The number of tetrazole rings is 1. The summed E-state index contributed by atoms with van der Waals surface area (Å²) in [5.74, 6) is -0.362. The van der Waals surface area contributed by atoms with Crippen LogP contribution in [0.25, 0.3) is 11.4 Å².